The summed E-state index contributed by atoms with van der Waals surface area (Å²) in [6.45, 7) is 4.22. The van der Waals surface area contributed by atoms with Gasteiger partial charge in [-0.15, -0.1) is 0 Å². The van der Waals surface area contributed by atoms with Gasteiger partial charge in [-0.3, -0.25) is 9.80 Å². The molecule has 3 aliphatic heterocycles. The summed E-state index contributed by atoms with van der Waals surface area (Å²) in [6.07, 6.45) is 4.14. The summed E-state index contributed by atoms with van der Waals surface area (Å²) in [6, 6.07) is 11.5. The van der Waals surface area contributed by atoms with Gasteiger partial charge in [0.25, 0.3) is 0 Å². The largest absolute Gasteiger partial charge is 0.444 e. The quantitative estimate of drug-likeness (QED) is 0.389. The molecule has 2 atom stereocenters. The summed E-state index contributed by atoms with van der Waals surface area (Å²) >= 11 is 12.7. The van der Waals surface area contributed by atoms with Crippen LogP contribution in [0.1, 0.15) is 48.8 Å². The van der Waals surface area contributed by atoms with Crippen molar-refractivity contribution in [3.8, 4) is 0 Å². The summed E-state index contributed by atoms with van der Waals surface area (Å²) in [5, 5.41) is 4.10. The highest BCUT2D eigenvalue weighted by Crippen LogP contribution is 2.40. The van der Waals surface area contributed by atoms with Crippen LogP contribution in [0.2, 0.25) is 10.0 Å². The highest BCUT2D eigenvalue weighted by Gasteiger charge is 2.51. The molecule has 1 N–H and O–H groups in total. The Kier molecular flexibility index (Phi) is 9.86. The molecule has 232 valence electrons. The van der Waals surface area contributed by atoms with E-state index in [4.69, 9.17) is 27.9 Å². The minimum absolute atomic E-state index is 0.00510. The van der Waals surface area contributed by atoms with E-state index in [0.29, 0.717) is 47.6 Å². The van der Waals surface area contributed by atoms with Crippen LogP contribution in [-0.2, 0) is 22.6 Å². The number of nitrogens with zero attached hydrogens (tertiary/aromatic N) is 4. The van der Waals surface area contributed by atoms with Crippen molar-refractivity contribution in [3.05, 3.63) is 63.1 Å². The summed E-state index contributed by atoms with van der Waals surface area (Å²) in [5.41, 5.74) is 2.48. The molecule has 0 spiro atoms. The van der Waals surface area contributed by atoms with Crippen molar-refractivity contribution >= 4 is 47.3 Å². The Hall–Kier alpha value is -2.85. The zero-order valence-corrected chi connectivity index (χ0v) is 26.7. The van der Waals surface area contributed by atoms with Crippen LogP contribution in [0.25, 0.3) is 0 Å². The first kappa shape index (κ1) is 31.6. The van der Waals surface area contributed by atoms with Gasteiger partial charge < -0.3 is 24.6 Å². The van der Waals surface area contributed by atoms with Crippen molar-refractivity contribution < 1.29 is 19.1 Å². The molecule has 9 nitrogen and oxygen atoms in total. The number of rotatable bonds is 7. The third kappa shape index (κ3) is 6.65. The summed E-state index contributed by atoms with van der Waals surface area (Å²) in [4.78, 5) is 47.8. The Balaban J connectivity index is 1.41. The summed E-state index contributed by atoms with van der Waals surface area (Å²) in [5.74, 6) is 0. The number of para-hydroxylation sites is 1. The smallest absolute Gasteiger partial charge is 0.411 e. The van der Waals surface area contributed by atoms with Crippen LogP contribution in [0.3, 0.4) is 0 Å². The molecule has 0 bridgehead atoms. The number of hydrogen-bond acceptors (Lipinski definition) is 6. The van der Waals surface area contributed by atoms with E-state index in [1.54, 1.807) is 17.0 Å². The van der Waals surface area contributed by atoms with Gasteiger partial charge in [0.15, 0.2) is 0 Å². The zero-order valence-electron chi connectivity index (χ0n) is 25.2. The fraction of sp³-hybridized carbons (Fsp3) is 0.531. The average molecular weight is 631 g/mol. The van der Waals surface area contributed by atoms with Crippen LogP contribution < -0.4 is 5.32 Å². The second-order valence-electron chi connectivity index (χ2n) is 12.1. The van der Waals surface area contributed by atoms with Crippen molar-refractivity contribution in [2.24, 2.45) is 0 Å². The molecule has 0 saturated carbocycles. The molecule has 3 amide bonds. The van der Waals surface area contributed by atoms with Gasteiger partial charge >= 0.3 is 12.1 Å². The zero-order chi connectivity index (χ0) is 30.7. The van der Waals surface area contributed by atoms with E-state index in [0.717, 1.165) is 55.5 Å². The monoisotopic (exact) mass is 629 g/mol. The lowest BCUT2D eigenvalue weighted by molar-refractivity contribution is -0.128. The highest BCUT2D eigenvalue weighted by atomic mass is 35.5. The van der Waals surface area contributed by atoms with Gasteiger partial charge in [-0.05, 0) is 81.6 Å². The lowest BCUT2D eigenvalue weighted by Crippen LogP contribution is -2.69. The van der Waals surface area contributed by atoms with Crippen molar-refractivity contribution in [1.29, 1.82) is 0 Å². The molecule has 0 unspecified atom stereocenters. The molecule has 0 aromatic heterocycles. The number of benzene rings is 2. The van der Waals surface area contributed by atoms with Crippen LogP contribution in [0.5, 0.6) is 0 Å². The molecule has 43 heavy (non-hydrogen) atoms. The molecule has 2 aromatic carbocycles. The van der Waals surface area contributed by atoms with Crippen LogP contribution in [-0.4, -0.2) is 96.0 Å². The van der Waals surface area contributed by atoms with Crippen LogP contribution in [0.15, 0.2) is 36.4 Å². The summed E-state index contributed by atoms with van der Waals surface area (Å²) < 4.78 is 5.86. The van der Waals surface area contributed by atoms with Crippen molar-refractivity contribution in [2.45, 2.75) is 69.8 Å². The van der Waals surface area contributed by atoms with Crippen molar-refractivity contribution in [2.75, 3.05) is 45.6 Å². The third-order valence-electron chi connectivity index (χ3n) is 9.45. The van der Waals surface area contributed by atoms with Gasteiger partial charge in [0.1, 0.15) is 18.6 Å². The van der Waals surface area contributed by atoms with Crippen molar-refractivity contribution in [3.63, 3.8) is 0 Å². The highest BCUT2D eigenvalue weighted by molar-refractivity contribution is 6.36. The van der Waals surface area contributed by atoms with Crippen molar-refractivity contribution in [1.82, 2.24) is 19.6 Å². The average Bonchev–Trinajstić information content (AvgIpc) is 3.16. The number of likely N-dealkylation sites (tertiary alicyclic amines) is 2. The molecule has 0 radical (unpaired) electrons. The minimum atomic E-state index is -0.916. The van der Waals surface area contributed by atoms with E-state index in [1.165, 1.54) is 0 Å². The molecule has 3 heterocycles. The molecular formula is C32H41Cl2N5O4. The lowest BCUT2D eigenvalue weighted by Gasteiger charge is -2.56. The molecule has 5 rings (SSSR count). The number of carbonyl (C=O) groups is 3. The lowest BCUT2D eigenvalue weighted by atomic mass is 9.84. The molecule has 0 aliphatic carbocycles. The molecule has 11 heteroatoms. The van der Waals surface area contributed by atoms with Crippen LogP contribution >= 0.6 is 23.2 Å². The van der Waals surface area contributed by atoms with E-state index in [-0.39, 0.29) is 25.1 Å². The van der Waals surface area contributed by atoms with Gasteiger partial charge in [0.05, 0.1) is 0 Å². The van der Waals surface area contributed by atoms with Crippen LogP contribution in [0.4, 0.5) is 15.3 Å². The predicted octanol–water partition coefficient (Wildman–Crippen LogP) is 5.80. The Morgan fingerprint density at radius 2 is 1.79 bits per heavy atom. The Labute approximate surface area is 264 Å². The number of ether oxygens (including phenoxy) is 1. The van der Waals surface area contributed by atoms with Gasteiger partial charge in [0, 0.05) is 66.8 Å². The van der Waals surface area contributed by atoms with Crippen LogP contribution in [0, 0.1) is 6.92 Å². The van der Waals surface area contributed by atoms with Gasteiger partial charge in [-0.25, -0.2) is 9.59 Å². The molecular weight excluding hydrogens is 589 g/mol. The number of fused-ring (bicyclic) bond motifs is 1. The number of amides is 3. The maximum absolute atomic E-state index is 13.9. The first-order valence-corrected chi connectivity index (χ1v) is 15.8. The first-order valence-electron chi connectivity index (χ1n) is 15.0. The van der Waals surface area contributed by atoms with Gasteiger partial charge in [0.2, 0.25) is 0 Å². The number of halogens is 2. The number of hydrogen-bond donors (Lipinski definition) is 1. The van der Waals surface area contributed by atoms with E-state index >= 15 is 0 Å². The van der Waals surface area contributed by atoms with E-state index in [9.17, 15) is 14.4 Å². The van der Waals surface area contributed by atoms with E-state index < -0.39 is 11.8 Å². The minimum Gasteiger partial charge on any atom is -0.444 e. The second kappa shape index (κ2) is 13.4. The number of urea groups is 1. The second-order valence-corrected chi connectivity index (χ2v) is 12.9. The van der Waals surface area contributed by atoms with E-state index in [1.807, 2.05) is 36.1 Å². The maximum Gasteiger partial charge on any atom is 0.411 e. The molecule has 3 aliphatic rings. The number of nitrogens with one attached hydrogen (secondary N) is 1. The number of piperidine rings is 2. The summed E-state index contributed by atoms with van der Waals surface area (Å²) in [7, 11) is 4.17. The Morgan fingerprint density at radius 1 is 1.09 bits per heavy atom. The third-order valence-corrected chi connectivity index (χ3v) is 10.2. The number of anilines is 1. The SMILES string of the molecule is Cc1c(Cl)cc(COC(=O)N2CC[C@@H](N3CCc4ccccc4NC3=O)C[C@@]2(CC=O)N2CCC(N(C)C)CC2)cc1Cl. The van der Waals surface area contributed by atoms with E-state index in [2.05, 4.69) is 29.2 Å². The fourth-order valence-corrected chi connectivity index (χ4v) is 7.43. The standard InChI is InChI=1S/C32H41Cl2N5O4/c1-22-27(33)18-23(19-28(22)34)21-43-31(42)39-16-11-26(38-15-8-24-6-4-5-7-29(24)35-30(38)41)20-32(39,12-17-40)37-13-9-25(10-14-37)36(2)3/h4-7,17-19,25-26H,8-16,20-21H2,1-3H3,(H,35,41)/t26-,32+/m1/s1. The molecule has 2 fully saturated rings. The van der Waals surface area contributed by atoms with Gasteiger partial charge in [-0.1, -0.05) is 41.4 Å². The topological polar surface area (TPSA) is 85.4 Å². The fourth-order valence-electron chi connectivity index (χ4n) is 6.90. The van der Waals surface area contributed by atoms with Gasteiger partial charge in [-0.2, -0.15) is 0 Å². The number of aldehydes is 1. The number of carbonyl (C=O) groups excluding carboxylic acids is 3. The first-order chi connectivity index (χ1) is 20.6. The Morgan fingerprint density at radius 3 is 2.47 bits per heavy atom. The predicted molar refractivity (Wildman–Crippen MR) is 169 cm³/mol. The molecule has 2 aromatic rings. The molecule has 2 saturated heterocycles. The normalized spacial score (nSPS) is 23.5. The Bertz CT molecular complexity index is 1330. The maximum atomic E-state index is 13.9.